The van der Waals surface area contributed by atoms with Crippen LogP contribution >= 0.6 is 11.3 Å². The number of aliphatic hydroxyl groups is 1. The number of rotatable bonds is 5. The molecule has 2 aromatic carbocycles. The number of carboxylic acids is 1. The van der Waals surface area contributed by atoms with Gasteiger partial charge < -0.3 is 10.2 Å². The van der Waals surface area contributed by atoms with Crippen LogP contribution in [0.3, 0.4) is 0 Å². The maximum atomic E-state index is 11.7. The molecule has 0 spiro atoms. The van der Waals surface area contributed by atoms with Gasteiger partial charge >= 0.3 is 5.97 Å². The molecule has 2 heterocycles. The van der Waals surface area contributed by atoms with Crippen molar-refractivity contribution in [3.63, 3.8) is 0 Å². The number of piperidine rings is 1. The van der Waals surface area contributed by atoms with Crippen molar-refractivity contribution >= 4 is 27.4 Å². The van der Waals surface area contributed by atoms with Crippen molar-refractivity contribution in [3.05, 3.63) is 70.6 Å². The molecule has 0 saturated carbocycles. The van der Waals surface area contributed by atoms with Crippen molar-refractivity contribution in [3.8, 4) is 0 Å². The monoisotopic (exact) mass is 381 g/mol. The van der Waals surface area contributed by atoms with Crippen LogP contribution in [0.5, 0.6) is 0 Å². The van der Waals surface area contributed by atoms with Gasteiger partial charge in [-0.2, -0.15) is 0 Å². The normalized spacial score (nSPS) is 20.8. The molecule has 1 fully saturated rings. The fraction of sp³-hybridized carbons (Fsp3) is 0.318. The molecule has 27 heavy (non-hydrogen) atoms. The molecule has 2 N–H and O–H groups in total. The summed E-state index contributed by atoms with van der Waals surface area (Å²) >= 11 is 1.35. The van der Waals surface area contributed by atoms with Gasteiger partial charge in [0.15, 0.2) is 0 Å². The highest BCUT2D eigenvalue weighted by molar-refractivity contribution is 7.21. The first-order valence-corrected chi connectivity index (χ1v) is 10.1. The molecule has 0 bridgehead atoms. The Morgan fingerprint density at radius 2 is 1.85 bits per heavy atom. The lowest BCUT2D eigenvalue weighted by atomic mass is 9.81. The second-order valence-electron chi connectivity index (χ2n) is 7.19. The molecule has 4 rings (SSSR count). The van der Waals surface area contributed by atoms with E-state index >= 15 is 0 Å². The number of carbonyl (C=O) groups is 1. The van der Waals surface area contributed by atoms with Crippen LogP contribution in [-0.2, 0) is 6.54 Å². The van der Waals surface area contributed by atoms with Crippen LogP contribution < -0.4 is 0 Å². The molecule has 1 aliphatic heterocycles. The van der Waals surface area contributed by atoms with Crippen molar-refractivity contribution in [1.82, 2.24) is 4.90 Å². The van der Waals surface area contributed by atoms with E-state index in [9.17, 15) is 15.0 Å². The number of aliphatic hydroxyl groups excluding tert-OH is 1. The minimum Gasteiger partial charge on any atom is -0.477 e. The second-order valence-corrected chi connectivity index (χ2v) is 8.25. The smallest absolute Gasteiger partial charge is 0.346 e. The number of hydrogen-bond acceptors (Lipinski definition) is 4. The van der Waals surface area contributed by atoms with Gasteiger partial charge in [0.1, 0.15) is 4.88 Å². The Morgan fingerprint density at radius 3 is 2.59 bits per heavy atom. The number of benzene rings is 2. The van der Waals surface area contributed by atoms with Crippen molar-refractivity contribution in [2.24, 2.45) is 5.92 Å². The van der Waals surface area contributed by atoms with E-state index in [2.05, 4.69) is 17.0 Å². The first-order valence-electron chi connectivity index (χ1n) is 9.29. The van der Waals surface area contributed by atoms with Gasteiger partial charge in [-0.25, -0.2) is 4.79 Å². The standard InChI is InChI=1S/C22H23NO3S/c24-14-16-12-23(11-10-17(16)15-6-2-1-3-7-15)13-19-18-8-4-5-9-20(18)27-21(19)22(25)26/h1-9,16-17,24H,10-14H2,(H,25,26)/t16-,17+/m0/s1. The maximum absolute atomic E-state index is 11.7. The lowest BCUT2D eigenvalue weighted by Gasteiger charge is -2.38. The zero-order chi connectivity index (χ0) is 18.8. The predicted octanol–water partition coefficient (Wildman–Crippen LogP) is 4.20. The molecule has 4 nitrogen and oxygen atoms in total. The van der Waals surface area contributed by atoms with Crippen molar-refractivity contribution < 1.29 is 15.0 Å². The fourth-order valence-electron chi connectivity index (χ4n) is 4.23. The quantitative estimate of drug-likeness (QED) is 0.695. The lowest BCUT2D eigenvalue weighted by Crippen LogP contribution is -2.40. The molecule has 1 saturated heterocycles. The molecule has 1 aliphatic rings. The third-order valence-corrected chi connectivity index (χ3v) is 6.76. The van der Waals surface area contributed by atoms with Crippen LogP contribution in [0.1, 0.15) is 33.1 Å². The molecule has 0 amide bonds. The number of fused-ring (bicyclic) bond motifs is 1. The Balaban J connectivity index is 1.57. The van der Waals surface area contributed by atoms with Crippen molar-refractivity contribution in [2.45, 2.75) is 18.9 Å². The van der Waals surface area contributed by atoms with Crippen molar-refractivity contribution in [2.75, 3.05) is 19.7 Å². The fourth-order valence-corrected chi connectivity index (χ4v) is 5.28. The summed E-state index contributed by atoms with van der Waals surface area (Å²) in [5.74, 6) is -0.339. The number of carboxylic acid groups (broad SMARTS) is 1. The van der Waals surface area contributed by atoms with E-state index in [0.29, 0.717) is 17.3 Å². The van der Waals surface area contributed by atoms with Gasteiger partial charge in [-0.3, -0.25) is 4.90 Å². The number of thiophene rings is 1. The minimum atomic E-state index is -0.857. The zero-order valence-corrected chi connectivity index (χ0v) is 15.9. The first kappa shape index (κ1) is 18.2. The van der Waals surface area contributed by atoms with Crippen molar-refractivity contribution in [1.29, 1.82) is 0 Å². The SMILES string of the molecule is O=C(O)c1sc2ccccc2c1CN1CC[C@H](c2ccccc2)[C@H](CO)C1. The highest BCUT2D eigenvalue weighted by Gasteiger charge is 2.31. The van der Waals surface area contributed by atoms with Gasteiger partial charge in [-0.05, 0) is 41.5 Å². The van der Waals surface area contributed by atoms with Crippen LogP contribution in [0, 0.1) is 5.92 Å². The summed E-state index contributed by atoms with van der Waals surface area (Å²) in [6.45, 7) is 2.44. The summed E-state index contributed by atoms with van der Waals surface area (Å²) < 4.78 is 1.02. The summed E-state index contributed by atoms with van der Waals surface area (Å²) in [7, 11) is 0. The third kappa shape index (κ3) is 3.63. The molecular weight excluding hydrogens is 358 g/mol. The van der Waals surface area contributed by atoms with E-state index in [1.807, 2.05) is 42.5 Å². The molecule has 0 aliphatic carbocycles. The Bertz CT molecular complexity index is 937. The molecule has 0 unspecified atom stereocenters. The van der Waals surface area contributed by atoms with Crippen LogP contribution in [0.15, 0.2) is 54.6 Å². The molecule has 2 atom stereocenters. The largest absolute Gasteiger partial charge is 0.477 e. The summed E-state index contributed by atoms with van der Waals surface area (Å²) in [6.07, 6.45) is 0.972. The summed E-state index contributed by atoms with van der Waals surface area (Å²) in [4.78, 5) is 14.5. The number of nitrogens with zero attached hydrogens (tertiary/aromatic N) is 1. The van der Waals surface area contributed by atoms with Crippen LogP contribution in [-0.4, -0.2) is 40.8 Å². The Kier molecular flexibility index (Phi) is 5.25. The third-order valence-electron chi connectivity index (χ3n) is 5.55. The predicted molar refractivity (Wildman–Crippen MR) is 108 cm³/mol. The molecular formula is C22H23NO3S. The van der Waals surface area contributed by atoms with Crippen LogP contribution in [0.2, 0.25) is 0 Å². The zero-order valence-electron chi connectivity index (χ0n) is 15.0. The highest BCUT2D eigenvalue weighted by atomic mass is 32.1. The maximum Gasteiger partial charge on any atom is 0.346 e. The molecule has 140 valence electrons. The first-order chi connectivity index (χ1) is 13.2. The Hall–Kier alpha value is -2.21. The molecule has 1 aromatic heterocycles. The Morgan fingerprint density at radius 1 is 1.11 bits per heavy atom. The minimum absolute atomic E-state index is 0.145. The molecule has 5 heteroatoms. The van der Waals surface area contributed by atoms with Gasteiger partial charge in [0.2, 0.25) is 0 Å². The summed E-state index contributed by atoms with van der Waals surface area (Å²) in [5.41, 5.74) is 2.18. The number of hydrogen-bond donors (Lipinski definition) is 2. The van der Waals surface area contributed by atoms with Gasteiger partial charge in [0.05, 0.1) is 0 Å². The lowest BCUT2D eigenvalue weighted by molar-refractivity contribution is 0.0696. The number of aromatic carboxylic acids is 1. The highest BCUT2D eigenvalue weighted by Crippen LogP contribution is 2.36. The summed E-state index contributed by atoms with van der Waals surface area (Å²) in [6, 6.07) is 18.3. The van der Waals surface area contributed by atoms with E-state index in [1.54, 1.807) is 0 Å². The summed E-state index contributed by atoms with van der Waals surface area (Å²) in [5, 5.41) is 20.6. The van der Waals surface area contributed by atoms with E-state index in [0.717, 1.165) is 35.2 Å². The topological polar surface area (TPSA) is 60.8 Å². The number of likely N-dealkylation sites (tertiary alicyclic amines) is 1. The second kappa shape index (κ2) is 7.80. The van der Waals surface area contributed by atoms with E-state index < -0.39 is 5.97 Å². The molecule has 0 radical (unpaired) electrons. The Labute approximate surface area is 162 Å². The average Bonchev–Trinajstić information content (AvgIpc) is 3.07. The molecule has 3 aromatic rings. The van der Waals surface area contributed by atoms with Crippen LogP contribution in [0.4, 0.5) is 0 Å². The van der Waals surface area contributed by atoms with Gasteiger partial charge in [0.25, 0.3) is 0 Å². The van der Waals surface area contributed by atoms with Crippen LogP contribution in [0.25, 0.3) is 10.1 Å². The average molecular weight is 381 g/mol. The van der Waals surface area contributed by atoms with E-state index in [-0.39, 0.29) is 12.5 Å². The van der Waals surface area contributed by atoms with Gasteiger partial charge in [-0.1, -0.05) is 48.5 Å². The van der Waals surface area contributed by atoms with E-state index in [1.165, 1.54) is 16.9 Å². The van der Waals surface area contributed by atoms with Gasteiger partial charge in [-0.15, -0.1) is 11.3 Å². The van der Waals surface area contributed by atoms with Gasteiger partial charge in [0, 0.05) is 30.3 Å². The van der Waals surface area contributed by atoms with E-state index in [4.69, 9.17) is 0 Å².